The summed E-state index contributed by atoms with van der Waals surface area (Å²) in [6.45, 7) is 5.40. The van der Waals surface area contributed by atoms with Crippen LogP contribution in [-0.4, -0.2) is 35.6 Å². The lowest BCUT2D eigenvalue weighted by atomic mass is 10.00. The first kappa shape index (κ1) is 13.0. The first-order chi connectivity index (χ1) is 8.33. The maximum Gasteiger partial charge on any atom is 0.0943 e. The third-order valence-corrected chi connectivity index (χ3v) is 4.49. The summed E-state index contributed by atoms with van der Waals surface area (Å²) in [7, 11) is 0. The summed E-state index contributed by atoms with van der Waals surface area (Å²) in [5.74, 6) is 0. The van der Waals surface area contributed by atoms with Gasteiger partial charge in [0.1, 0.15) is 0 Å². The van der Waals surface area contributed by atoms with Crippen LogP contribution in [0.2, 0.25) is 0 Å². The third-order valence-electron chi connectivity index (χ3n) is 3.57. The lowest BCUT2D eigenvalue weighted by Crippen LogP contribution is -2.40. The van der Waals surface area contributed by atoms with E-state index in [1.807, 2.05) is 0 Å². The molecule has 2 heterocycles. The number of aromatic nitrogens is 1. The molecule has 0 aromatic carbocycles. The number of nitrogens with two attached hydrogens (primary N) is 1. The smallest absolute Gasteiger partial charge is 0.0943 e. The number of nitrogens with zero attached hydrogens (tertiary/aromatic N) is 2. The zero-order valence-electron chi connectivity index (χ0n) is 10.7. The van der Waals surface area contributed by atoms with Crippen LogP contribution in [0, 0.1) is 0 Å². The highest BCUT2D eigenvalue weighted by Crippen LogP contribution is 2.22. The van der Waals surface area contributed by atoms with Gasteiger partial charge in [-0.15, -0.1) is 11.3 Å². The molecule has 1 aliphatic heterocycles. The number of likely N-dealkylation sites (N-methyl/N-ethyl adjacent to an activating group) is 1. The van der Waals surface area contributed by atoms with Gasteiger partial charge < -0.3 is 10.6 Å². The van der Waals surface area contributed by atoms with Crippen molar-refractivity contribution in [2.24, 2.45) is 5.73 Å². The van der Waals surface area contributed by atoms with Gasteiger partial charge in [-0.25, -0.2) is 4.98 Å². The molecule has 2 rings (SSSR count). The number of thiazole rings is 1. The Morgan fingerprint density at radius 1 is 1.53 bits per heavy atom. The second kappa shape index (κ2) is 6.47. The number of rotatable bonds is 5. The van der Waals surface area contributed by atoms with Crippen molar-refractivity contribution in [1.29, 1.82) is 0 Å². The topological polar surface area (TPSA) is 42.2 Å². The van der Waals surface area contributed by atoms with E-state index in [0.717, 1.165) is 12.8 Å². The predicted octanol–water partition coefficient (Wildman–Crippen LogP) is 2.06. The highest BCUT2D eigenvalue weighted by molar-refractivity contribution is 7.09. The van der Waals surface area contributed by atoms with Crippen LogP contribution in [0.15, 0.2) is 5.38 Å². The first-order valence-electron chi connectivity index (χ1n) is 6.71. The second-order valence-electron chi connectivity index (χ2n) is 4.75. The monoisotopic (exact) mass is 253 g/mol. The minimum absolute atomic E-state index is 0.702. The van der Waals surface area contributed by atoms with Crippen molar-refractivity contribution >= 4 is 11.3 Å². The van der Waals surface area contributed by atoms with Gasteiger partial charge >= 0.3 is 0 Å². The van der Waals surface area contributed by atoms with E-state index in [9.17, 15) is 0 Å². The van der Waals surface area contributed by atoms with Gasteiger partial charge in [0.25, 0.3) is 0 Å². The first-order valence-corrected chi connectivity index (χ1v) is 7.58. The van der Waals surface area contributed by atoms with Crippen LogP contribution in [0.5, 0.6) is 0 Å². The average Bonchev–Trinajstić information content (AvgIpc) is 2.78. The Bertz CT molecular complexity index is 337. The number of hydrogen-bond donors (Lipinski definition) is 1. The molecule has 17 heavy (non-hydrogen) atoms. The van der Waals surface area contributed by atoms with Crippen LogP contribution in [0.1, 0.15) is 36.9 Å². The van der Waals surface area contributed by atoms with Gasteiger partial charge in [0.2, 0.25) is 0 Å². The zero-order valence-corrected chi connectivity index (χ0v) is 11.5. The molecule has 0 amide bonds. The Morgan fingerprint density at radius 3 is 3.18 bits per heavy atom. The van der Waals surface area contributed by atoms with E-state index in [4.69, 9.17) is 5.73 Å². The quantitative estimate of drug-likeness (QED) is 0.873. The molecular formula is C13H23N3S. The molecule has 1 unspecified atom stereocenters. The molecule has 96 valence electrons. The van der Waals surface area contributed by atoms with Gasteiger partial charge in [-0.05, 0) is 32.5 Å². The fourth-order valence-corrected chi connectivity index (χ4v) is 3.52. The molecule has 0 bridgehead atoms. The summed E-state index contributed by atoms with van der Waals surface area (Å²) in [6, 6.07) is 0.714. The van der Waals surface area contributed by atoms with E-state index in [1.54, 1.807) is 11.3 Å². The van der Waals surface area contributed by atoms with Crippen molar-refractivity contribution in [3.05, 3.63) is 16.1 Å². The Balaban J connectivity index is 1.93. The number of piperidine rings is 1. The number of likely N-dealkylation sites (tertiary alicyclic amines) is 1. The van der Waals surface area contributed by atoms with Crippen LogP contribution in [0.3, 0.4) is 0 Å². The van der Waals surface area contributed by atoms with Gasteiger partial charge in [-0.3, -0.25) is 0 Å². The summed E-state index contributed by atoms with van der Waals surface area (Å²) in [5.41, 5.74) is 6.73. The largest absolute Gasteiger partial charge is 0.330 e. The molecule has 0 saturated carbocycles. The van der Waals surface area contributed by atoms with Crippen molar-refractivity contribution in [3.8, 4) is 0 Å². The number of hydrogen-bond acceptors (Lipinski definition) is 4. The van der Waals surface area contributed by atoms with E-state index in [-0.39, 0.29) is 0 Å². The highest BCUT2D eigenvalue weighted by Gasteiger charge is 2.22. The average molecular weight is 253 g/mol. The standard InChI is InChI=1S/C13H23N3S/c1-2-16-8-4-3-5-12(16)9-13-15-11(6-7-14)10-17-13/h10,12H,2-9,14H2,1H3. The van der Waals surface area contributed by atoms with E-state index in [2.05, 4.69) is 22.2 Å². The van der Waals surface area contributed by atoms with E-state index < -0.39 is 0 Å². The lowest BCUT2D eigenvalue weighted by molar-refractivity contribution is 0.155. The maximum atomic E-state index is 5.55. The van der Waals surface area contributed by atoms with Crippen LogP contribution in [0.4, 0.5) is 0 Å². The van der Waals surface area contributed by atoms with Crippen molar-refractivity contribution in [1.82, 2.24) is 9.88 Å². The Morgan fingerprint density at radius 2 is 2.41 bits per heavy atom. The fourth-order valence-electron chi connectivity index (χ4n) is 2.61. The molecule has 0 radical (unpaired) electrons. The van der Waals surface area contributed by atoms with Crippen molar-refractivity contribution < 1.29 is 0 Å². The minimum atomic E-state index is 0.702. The maximum absolute atomic E-state index is 5.55. The Kier molecular flexibility index (Phi) is 4.95. The van der Waals surface area contributed by atoms with Crippen molar-refractivity contribution in [2.45, 2.75) is 45.1 Å². The summed E-state index contributed by atoms with van der Waals surface area (Å²) >= 11 is 1.80. The molecule has 1 fully saturated rings. The van der Waals surface area contributed by atoms with Gasteiger partial charge in [0, 0.05) is 24.3 Å². The third kappa shape index (κ3) is 3.50. The summed E-state index contributed by atoms with van der Waals surface area (Å²) in [6.07, 6.45) is 6.12. The van der Waals surface area contributed by atoms with Crippen LogP contribution in [-0.2, 0) is 12.8 Å². The SMILES string of the molecule is CCN1CCCCC1Cc1nc(CCN)cs1. The van der Waals surface area contributed by atoms with Crippen LogP contribution < -0.4 is 5.73 Å². The van der Waals surface area contributed by atoms with Gasteiger partial charge in [0.05, 0.1) is 10.7 Å². The summed E-state index contributed by atoms with van der Waals surface area (Å²) < 4.78 is 0. The van der Waals surface area contributed by atoms with Crippen LogP contribution in [0.25, 0.3) is 0 Å². The van der Waals surface area contributed by atoms with Gasteiger partial charge in [0.15, 0.2) is 0 Å². The molecule has 1 atom stereocenters. The van der Waals surface area contributed by atoms with Crippen molar-refractivity contribution in [3.63, 3.8) is 0 Å². The molecule has 4 heteroatoms. The van der Waals surface area contributed by atoms with Crippen LogP contribution >= 0.6 is 11.3 Å². The van der Waals surface area contributed by atoms with Crippen molar-refractivity contribution in [2.75, 3.05) is 19.6 Å². The van der Waals surface area contributed by atoms with Gasteiger partial charge in [-0.2, -0.15) is 0 Å². The lowest BCUT2D eigenvalue weighted by Gasteiger charge is -2.34. The van der Waals surface area contributed by atoms with E-state index in [0.29, 0.717) is 12.6 Å². The molecule has 1 aliphatic rings. The molecule has 1 aromatic rings. The molecule has 1 aromatic heterocycles. The Hall–Kier alpha value is -0.450. The normalized spacial score (nSPS) is 21.9. The van der Waals surface area contributed by atoms with Gasteiger partial charge in [-0.1, -0.05) is 13.3 Å². The predicted molar refractivity (Wildman–Crippen MR) is 73.5 cm³/mol. The highest BCUT2D eigenvalue weighted by atomic mass is 32.1. The minimum Gasteiger partial charge on any atom is -0.330 e. The molecule has 1 saturated heterocycles. The summed E-state index contributed by atoms with van der Waals surface area (Å²) in [5, 5.41) is 3.46. The molecule has 3 nitrogen and oxygen atoms in total. The fraction of sp³-hybridized carbons (Fsp3) is 0.769. The molecular weight excluding hydrogens is 230 g/mol. The van der Waals surface area contributed by atoms with E-state index in [1.165, 1.54) is 43.1 Å². The molecule has 0 spiro atoms. The zero-order chi connectivity index (χ0) is 12.1. The molecule has 0 aliphatic carbocycles. The summed E-state index contributed by atoms with van der Waals surface area (Å²) in [4.78, 5) is 7.28. The second-order valence-corrected chi connectivity index (χ2v) is 5.70. The molecule has 2 N–H and O–H groups in total. The van der Waals surface area contributed by atoms with E-state index >= 15 is 0 Å². The Labute approximate surface area is 108 Å².